The zero-order chi connectivity index (χ0) is 32.8. The molecule has 1 unspecified atom stereocenters. The maximum atomic E-state index is 13.3. The molecule has 0 spiro atoms. The highest BCUT2D eigenvalue weighted by molar-refractivity contribution is 6.12. The molecule has 0 aliphatic heterocycles. The number of anilines is 1. The fraction of sp³-hybridized carbons (Fsp3) is 0.325. The van der Waals surface area contributed by atoms with Gasteiger partial charge in [-0.2, -0.15) is 0 Å². The Balaban J connectivity index is 1.17. The zero-order valence-corrected chi connectivity index (χ0v) is 26.9. The van der Waals surface area contributed by atoms with Crippen LogP contribution in [0.2, 0.25) is 0 Å². The first-order valence-electron chi connectivity index (χ1n) is 16.7. The van der Waals surface area contributed by atoms with E-state index in [1.807, 2.05) is 65.6 Å². The number of ether oxygens (including phenoxy) is 1. The molecule has 0 bridgehead atoms. The first kappa shape index (κ1) is 33.5. The number of aliphatic carboxylic acids is 1. The summed E-state index contributed by atoms with van der Waals surface area (Å²) in [7, 11) is 0. The van der Waals surface area contributed by atoms with Crippen LogP contribution in [-0.4, -0.2) is 46.9 Å². The minimum absolute atomic E-state index is 0.164. The van der Waals surface area contributed by atoms with Gasteiger partial charge in [-0.25, -0.2) is 4.79 Å². The van der Waals surface area contributed by atoms with E-state index in [1.54, 1.807) is 48.5 Å². The molecule has 0 heterocycles. The van der Waals surface area contributed by atoms with Crippen LogP contribution in [0.4, 0.5) is 5.69 Å². The molecule has 0 saturated heterocycles. The topological polar surface area (TPSA) is 95.9 Å². The van der Waals surface area contributed by atoms with Gasteiger partial charge < -0.3 is 20.1 Å². The number of nitrogens with one attached hydrogen (secondary N) is 1. The second kappa shape index (κ2) is 17.1. The predicted octanol–water partition coefficient (Wildman–Crippen LogP) is 7.79. The maximum absolute atomic E-state index is 13.3. The molecule has 7 nitrogen and oxygen atoms in total. The Morgan fingerprint density at radius 3 is 2.15 bits per heavy atom. The molecule has 244 valence electrons. The molecule has 4 aromatic carbocycles. The third-order valence-corrected chi connectivity index (χ3v) is 8.89. The van der Waals surface area contributed by atoms with Gasteiger partial charge in [0.1, 0.15) is 18.4 Å². The normalized spacial score (nSPS) is 13.8. The number of ketones is 1. The lowest BCUT2D eigenvalue weighted by atomic mass is 9.86. The van der Waals surface area contributed by atoms with Crippen molar-refractivity contribution in [3.8, 4) is 5.75 Å². The van der Waals surface area contributed by atoms with Crippen molar-refractivity contribution in [2.24, 2.45) is 5.92 Å². The number of nitrogens with zero attached hydrogens (tertiary/aromatic N) is 1. The van der Waals surface area contributed by atoms with Crippen molar-refractivity contribution in [3.63, 3.8) is 0 Å². The second-order valence-corrected chi connectivity index (χ2v) is 12.3. The number of para-hydroxylation sites is 1. The number of hydrogen-bond acceptors (Lipinski definition) is 5. The number of carbonyl (C=O) groups is 3. The summed E-state index contributed by atoms with van der Waals surface area (Å²) < 4.78 is 6.04. The second-order valence-electron chi connectivity index (χ2n) is 12.3. The van der Waals surface area contributed by atoms with Gasteiger partial charge in [0.25, 0.3) is 0 Å². The highest BCUT2D eigenvalue weighted by atomic mass is 16.5. The van der Waals surface area contributed by atoms with Gasteiger partial charge >= 0.3 is 5.97 Å². The van der Waals surface area contributed by atoms with Crippen LogP contribution in [0, 0.1) is 5.92 Å². The molecule has 0 aromatic heterocycles. The largest absolute Gasteiger partial charge is 0.492 e. The van der Waals surface area contributed by atoms with Crippen molar-refractivity contribution < 1.29 is 24.2 Å². The van der Waals surface area contributed by atoms with Crippen LogP contribution in [0.1, 0.15) is 72.0 Å². The van der Waals surface area contributed by atoms with E-state index in [0.29, 0.717) is 54.6 Å². The molecule has 5 rings (SSSR count). The van der Waals surface area contributed by atoms with E-state index < -0.39 is 12.0 Å². The summed E-state index contributed by atoms with van der Waals surface area (Å²) in [5, 5.41) is 13.1. The molecule has 7 heteroatoms. The van der Waals surface area contributed by atoms with Gasteiger partial charge in [-0.1, -0.05) is 117 Å². The van der Waals surface area contributed by atoms with Crippen molar-refractivity contribution in [1.82, 2.24) is 4.90 Å². The lowest BCUT2D eigenvalue weighted by Gasteiger charge is -2.25. The summed E-state index contributed by atoms with van der Waals surface area (Å²) in [5.74, 6) is 0.286. The monoisotopic (exact) mass is 632 g/mol. The van der Waals surface area contributed by atoms with Crippen LogP contribution >= 0.6 is 0 Å². The van der Waals surface area contributed by atoms with Crippen LogP contribution in [-0.2, 0) is 22.6 Å². The summed E-state index contributed by atoms with van der Waals surface area (Å²) in [6.07, 6.45) is 8.05. The molecule has 47 heavy (non-hydrogen) atoms. The third kappa shape index (κ3) is 10.0. The molecule has 0 radical (unpaired) electrons. The quantitative estimate of drug-likeness (QED) is 0.122. The first-order valence-corrected chi connectivity index (χ1v) is 16.7. The lowest BCUT2D eigenvalue weighted by Crippen LogP contribution is -2.34. The number of benzene rings is 4. The highest BCUT2D eigenvalue weighted by Gasteiger charge is 2.22. The summed E-state index contributed by atoms with van der Waals surface area (Å²) in [4.78, 5) is 40.6. The average Bonchev–Trinajstić information content (AvgIpc) is 3.11. The van der Waals surface area contributed by atoms with E-state index in [2.05, 4.69) is 5.32 Å². The summed E-state index contributed by atoms with van der Waals surface area (Å²) >= 11 is 0. The minimum Gasteiger partial charge on any atom is -0.492 e. The molecule has 1 aliphatic rings. The van der Waals surface area contributed by atoms with Crippen LogP contribution in [0.25, 0.3) is 0 Å². The molecule has 1 aliphatic carbocycles. The maximum Gasteiger partial charge on any atom is 0.326 e. The average molecular weight is 633 g/mol. The van der Waals surface area contributed by atoms with Gasteiger partial charge in [-0.3, -0.25) is 9.59 Å². The Labute approximate surface area is 277 Å². The number of carboxylic acid groups (broad SMARTS) is 1. The van der Waals surface area contributed by atoms with Crippen molar-refractivity contribution >= 4 is 23.3 Å². The van der Waals surface area contributed by atoms with Crippen molar-refractivity contribution in [1.29, 1.82) is 0 Å². The molecule has 1 atom stereocenters. The molecule has 4 aromatic rings. The Morgan fingerprint density at radius 2 is 1.45 bits per heavy atom. The molecule has 2 N–H and O–H groups in total. The minimum atomic E-state index is -1.01. The third-order valence-electron chi connectivity index (χ3n) is 8.89. The lowest BCUT2D eigenvalue weighted by molar-refractivity contribution is -0.138. The molecular weight excluding hydrogens is 588 g/mol. The van der Waals surface area contributed by atoms with E-state index >= 15 is 0 Å². The van der Waals surface area contributed by atoms with Crippen molar-refractivity contribution in [3.05, 3.63) is 131 Å². The molecular formula is C40H44N2O5. The van der Waals surface area contributed by atoms with Crippen molar-refractivity contribution in [2.45, 2.75) is 64.0 Å². The Kier molecular flexibility index (Phi) is 12.2. The smallest absolute Gasteiger partial charge is 0.326 e. The number of hydrogen-bond donors (Lipinski definition) is 2. The van der Waals surface area contributed by atoms with Crippen LogP contribution < -0.4 is 10.1 Å². The highest BCUT2D eigenvalue weighted by Crippen LogP contribution is 2.28. The Morgan fingerprint density at radius 1 is 0.787 bits per heavy atom. The standard InChI is InChI=1S/C40H44N2O5/c43-38(25-22-30-12-4-1-5-13-30)42(29-32-14-6-2-7-15-32)26-27-47-34-23-20-31(21-24-34)28-37(40(45)46)41-36-19-11-10-18-35(36)39(44)33-16-8-3-9-17-33/h2-3,6-11,14-21,23-24,30,37,41H,1,4-5,12-13,22,25-29H2,(H,45,46). The number of carbonyl (C=O) groups excluding carboxylic acids is 2. The SMILES string of the molecule is O=C(c1ccccc1)c1ccccc1NC(Cc1ccc(OCCN(Cc2ccccc2)C(=O)CCC2CCCCC2)cc1)C(=O)O. The van der Waals surface area contributed by atoms with E-state index in [1.165, 1.54) is 32.1 Å². The van der Waals surface area contributed by atoms with Crippen LogP contribution in [0.5, 0.6) is 5.75 Å². The van der Waals surface area contributed by atoms with Gasteiger partial charge in [-0.15, -0.1) is 0 Å². The molecule has 1 amide bonds. The molecule has 1 fully saturated rings. The van der Waals surface area contributed by atoms with Crippen LogP contribution in [0.3, 0.4) is 0 Å². The predicted molar refractivity (Wildman–Crippen MR) is 185 cm³/mol. The molecule has 1 saturated carbocycles. The Bertz CT molecular complexity index is 1580. The van der Waals surface area contributed by atoms with Gasteiger partial charge in [0.2, 0.25) is 5.91 Å². The van der Waals surface area contributed by atoms with E-state index in [0.717, 1.165) is 17.5 Å². The van der Waals surface area contributed by atoms with Gasteiger partial charge in [-0.05, 0) is 47.7 Å². The first-order chi connectivity index (χ1) is 23.0. The summed E-state index contributed by atoms with van der Waals surface area (Å²) in [6, 6.07) is 32.4. The zero-order valence-electron chi connectivity index (χ0n) is 26.9. The number of amides is 1. The van der Waals surface area contributed by atoms with Gasteiger partial charge in [0.15, 0.2) is 5.78 Å². The van der Waals surface area contributed by atoms with Gasteiger partial charge in [0, 0.05) is 36.2 Å². The van der Waals surface area contributed by atoms with Crippen LogP contribution in [0.15, 0.2) is 109 Å². The van der Waals surface area contributed by atoms with Crippen molar-refractivity contribution in [2.75, 3.05) is 18.5 Å². The fourth-order valence-corrected chi connectivity index (χ4v) is 6.23. The number of rotatable bonds is 16. The summed E-state index contributed by atoms with van der Waals surface area (Å²) in [5.41, 5.74) is 3.34. The fourth-order valence-electron chi connectivity index (χ4n) is 6.23. The van der Waals surface area contributed by atoms with E-state index in [-0.39, 0.29) is 18.1 Å². The number of carboxylic acids is 1. The Hall–Kier alpha value is -4.91. The van der Waals surface area contributed by atoms with Gasteiger partial charge in [0.05, 0.1) is 6.54 Å². The summed E-state index contributed by atoms with van der Waals surface area (Å²) in [6.45, 7) is 1.38. The van der Waals surface area contributed by atoms with E-state index in [4.69, 9.17) is 4.74 Å². The van der Waals surface area contributed by atoms with E-state index in [9.17, 15) is 19.5 Å².